The third-order valence-electron chi connectivity index (χ3n) is 5.13. The Bertz CT molecular complexity index is 767. The van der Waals surface area contributed by atoms with E-state index in [1.165, 1.54) is 0 Å². The summed E-state index contributed by atoms with van der Waals surface area (Å²) in [6.45, 7) is 0.894. The van der Waals surface area contributed by atoms with E-state index in [-0.39, 0.29) is 18.6 Å². The van der Waals surface area contributed by atoms with Crippen LogP contribution < -0.4 is 4.74 Å². The molecule has 0 bridgehead atoms. The smallest absolute Gasteiger partial charge is 0.260 e. The van der Waals surface area contributed by atoms with E-state index in [2.05, 4.69) is 0 Å². The molecule has 1 fully saturated rings. The highest BCUT2D eigenvalue weighted by Crippen LogP contribution is 2.35. The number of hydrogen-bond donors (Lipinski definition) is 1. The van der Waals surface area contributed by atoms with Crippen LogP contribution in [0, 0.1) is 0 Å². The number of piperidine rings is 1. The van der Waals surface area contributed by atoms with Crippen LogP contribution in [0.1, 0.15) is 12.0 Å². The number of likely N-dealkylation sites (N-methyl/N-ethyl adjacent to an activating group) is 1. The molecule has 6 heteroatoms. The van der Waals surface area contributed by atoms with Crippen LogP contribution in [-0.4, -0.2) is 60.6 Å². The highest BCUT2D eigenvalue weighted by atomic mass is 35.5. The van der Waals surface area contributed by atoms with Crippen LogP contribution in [0.15, 0.2) is 54.6 Å². The molecular weight excluding hydrogens is 364 g/mol. The van der Waals surface area contributed by atoms with E-state index in [1.54, 1.807) is 29.2 Å². The molecule has 0 unspecified atom stereocenters. The lowest BCUT2D eigenvalue weighted by Gasteiger charge is -2.47. The summed E-state index contributed by atoms with van der Waals surface area (Å²) in [7, 11) is 3.85. The van der Waals surface area contributed by atoms with Crippen LogP contribution in [0.3, 0.4) is 0 Å². The van der Waals surface area contributed by atoms with E-state index in [0.29, 0.717) is 30.3 Å². The number of amides is 1. The molecule has 0 aliphatic carbocycles. The van der Waals surface area contributed by atoms with Gasteiger partial charge in [0.1, 0.15) is 11.4 Å². The first-order chi connectivity index (χ1) is 12.9. The van der Waals surface area contributed by atoms with Crippen molar-refractivity contribution in [3.8, 4) is 5.75 Å². The predicted molar refractivity (Wildman–Crippen MR) is 106 cm³/mol. The minimum absolute atomic E-state index is 0.0362. The summed E-state index contributed by atoms with van der Waals surface area (Å²) in [5.74, 6) is 0.515. The maximum absolute atomic E-state index is 12.6. The number of ether oxygens (including phenoxy) is 1. The van der Waals surface area contributed by atoms with Crippen LogP contribution in [0.2, 0.25) is 5.02 Å². The van der Waals surface area contributed by atoms with Gasteiger partial charge in [0.05, 0.1) is 6.04 Å². The molecule has 5 nitrogen and oxygen atoms in total. The number of benzene rings is 2. The molecule has 0 saturated carbocycles. The van der Waals surface area contributed by atoms with Gasteiger partial charge in [-0.2, -0.15) is 0 Å². The molecule has 0 aromatic heterocycles. The fourth-order valence-corrected chi connectivity index (χ4v) is 3.70. The van der Waals surface area contributed by atoms with Crippen molar-refractivity contribution in [2.45, 2.75) is 18.1 Å². The molecule has 0 spiro atoms. The van der Waals surface area contributed by atoms with Crippen LogP contribution in [0.4, 0.5) is 0 Å². The maximum Gasteiger partial charge on any atom is 0.260 e. The van der Waals surface area contributed by atoms with Gasteiger partial charge in [-0.15, -0.1) is 0 Å². The second kappa shape index (κ2) is 8.30. The summed E-state index contributed by atoms with van der Waals surface area (Å²) in [5, 5.41) is 12.0. The van der Waals surface area contributed by atoms with Crippen molar-refractivity contribution in [2.24, 2.45) is 0 Å². The Balaban J connectivity index is 1.67. The molecule has 144 valence electrons. The molecule has 2 aromatic carbocycles. The second-order valence-electron chi connectivity index (χ2n) is 7.10. The van der Waals surface area contributed by atoms with Gasteiger partial charge in [-0.3, -0.25) is 4.79 Å². The Kier molecular flexibility index (Phi) is 6.05. The van der Waals surface area contributed by atoms with Crippen molar-refractivity contribution in [3.05, 3.63) is 65.2 Å². The number of hydrogen-bond acceptors (Lipinski definition) is 4. The molecule has 2 aromatic rings. The van der Waals surface area contributed by atoms with Crippen LogP contribution in [0.5, 0.6) is 5.75 Å². The van der Waals surface area contributed by atoms with E-state index in [4.69, 9.17) is 16.3 Å². The van der Waals surface area contributed by atoms with Gasteiger partial charge in [0, 0.05) is 18.1 Å². The van der Waals surface area contributed by atoms with Crippen molar-refractivity contribution in [2.75, 3.05) is 33.8 Å². The molecule has 27 heavy (non-hydrogen) atoms. The molecule has 2 atom stereocenters. The number of halogens is 1. The number of carbonyl (C=O) groups is 1. The number of aliphatic hydroxyl groups is 1. The summed E-state index contributed by atoms with van der Waals surface area (Å²) in [5.41, 5.74) is -0.105. The van der Waals surface area contributed by atoms with Crippen molar-refractivity contribution in [3.63, 3.8) is 0 Å². The summed E-state index contributed by atoms with van der Waals surface area (Å²) in [6, 6.07) is 16.4. The normalized spacial score (nSPS) is 22.7. The van der Waals surface area contributed by atoms with Gasteiger partial charge in [0.15, 0.2) is 6.61 Å². The standard InChI is InChI=1S/C21H25ClN2O3/c1-23(2)19-14-24(13-12-21(19,26)16-6-4-3-5-7-16)20(25)15-27-18-10-8-17(22)9-11-18/h3-11,19,26H,12-15H2,1-2H3/t19-,21+/m1/s1. The highest BCUT2D eigenvalue weighted by molar-refractivity contribution is 6.30. The zero-order valence-electron chi connectivity index (χ0n) is 15.6. The number of rotatable bonds is 5. The number of likely N-dealkylation sites (tertiary alicyclic amines) is 1. The molecule has 1 saturated heterocycles. The van der Waals surface area contributed by atoms with Crippen molar-refractivity contribution in [1.29, 1.82) is 0 Å². The van der Waals surface area contributed by atoms with E-state index < -0.39 is 5.60 Å². The lowest BCUT2D eigenvalue weighted by molar-refractivity contribution is -0.144. The average molecular weight is 389 g/mol. The predicted octanol–water partition coefficient (Wildman–Crippen LogP) is 2.77. The molecule has 1 N–H and O–H groups in total. The zero-order chi connectivity index (χ0) is 19.4. The Morgan fingerprint density at radius 2 is 1.89 bits per heavy atom. The molecular formula is C21H25ClN2O3. The van der Waals surface area contributed by atoms with Gasteiger partial charge in [-0.05, 0) is 50.3 Å². The Morgan fingerprint density at radius 1 is 1.22 bits per heavy atom. The first-order valence-electron chi connectivity index (χ1n) is 9.00. The topological polar surface area (TPSA) is 53.0 Å². The van der Waals surface area contributed by atoms with Crippen molar-refractivity contribution >= 4 is 17.5 Å². The maximum atomic E-state index is 12.6. The first-order valence-corrected chi connectivity index (χ1v) is 9.38. The lowest BCUT2D eigenvalue weighted by atomic mass is 9.80. The number of carbonyl (C=O) groups excluding carboxylic acids is 1. The van der Waals surface area contributed by atoms with E-state index in [9.17, 15) is 9.90 Å². The van der Waals surface area contributed by atoms with Gasteiger partial charge in [0.25, 0.3) is 5.91 Å². The van der Waals surface area contributed by atoms with Gasteiger partial charge in [0.2, 0.25) is 0 Å². The molecule has 1 heterocycles. The van der Waals surface area contributed by atoms with Crippen molar-refractivity contribution in [1.82, 2.24) is 9.80 Å². The van der Waals surface area contributed by atoms with Crippen LogP contribution >= 0.6 is 11.6 Å². The van der Waals surface area contributed by atoms with Gasteiger partial charge in [-0.25, -0.2) is 0 Å². The first kappa shape index (κ1) is 19.7. The third kappa shape index (κ3) is 4.43. The fraction of sp³-hybridized carbons (Fsp3) is 0.381. The minimum Gasteiger partial charge on any atom is -0.484 e. The quantitative estimate of drug-likeness (QED) is 0.855. The van der Waals surface area contributed by atoms with Gasteiger partial charge < -0.3 is 19.6 Å². The summed E-state index contributed by atoms with van der Waals surface area (Å²) >= 11 is 5.86. The number of nitrogens with zero attached hydrogens (tertiary/aromatic N) is 2. The molecule has 3 rings (SSSR count). The van der Waals surface area contributed by atoms with Crippen LogP contribution in [-0.2, 0) is 10.4 Å². The highest BCUT2D eigenvalue weighted by Gasteiger charge is 2.45. The Labute approximate surface area is 165 Å². The molecule has 0 radical (unpaired) electrons. The zero-order valence-corrected chi connectivity index (χ0v) is 16.4. The van der Waals surface area contributed by atoms with Gasteiger partial charge in [-0.1, -0.05) is 41.9 Å². The molecule has 1 aliphatic heterocycles. The Morgan fingerprint density at radius 3 is 2.52 bits per heavy atom. The van der Waals surface area contributed by atoms with Crippen molar-refractivity contribution < 1.29 is 14.6 Å². The summed E-state index contributed by atoms with van der Waals surface area (Å²) < 4.78 is 5.58. The van der Waals surface area contributed by atoms with E-state index in [0.717, 1.165) is 5.56 Å². The van der Waals surface area contributed by atoms with Crippen LogP contribution in [0.25, 0.3) is 0 Å². The molecule has 1 amide bonds. The average Bonchev–Trinajstić information content (AvgIpc) is 2.68. The monoisotopic (exact) mass is 388 g/mol. The Hall–Kier alpha value is -2.08. The third-order valence-corrected chi connectivity index (χ3v) is 5.39. The molecule has 1 aliphatic rings. The van der Waals surface area contributed by atoms with E-state index >= 15 is 0 Å². The fourth-order valence-electron chi connectivity index (χ4n) is 3.57. The largest absolute Gasteiger partial charge is 0.484 e. The second-order valence-corrected chi connectivity index (χ2v) is 7.54. The summed E-state index contributed by atoms with van der Waals surface area (Å²) in [6.07, 6.45) is 0.479. The van der Waals surface area contributed by atoms with E-state index in [1.807, 2.05) is 49.3 Å². The minimum atomic E-state index is -0.988. The summed E-state index contributed by atoms with van der Waals surface area (Å²) in [4.78, 5) is 16.4. The van der Waals surface area contributed by atoms with Gasteiger partial charge >= 0.3 is 0 Å². The SMILES string of the molecule is CN(C)[C@@H]1CN(C(=O)COc2ccc(Cl)cc2)CC[C@]1(O)c1ccccc1. The lowest BCUT2D eigenvalue weighted by Crippen LogP contribution is -2.60.